The Kier molecular flexibility index (Phi) is 4.46. The Bertz CT molecular complexity index is 1190. The van der Waals surface area contributed by atoms with Gasteiger partial charge in [0.25, 0.3) is 5.82 Å². The van der Waals surface area contributed by atoms with Gasteiger partial charge in [0.15, 0.2) is 5.65 Å². The molecule has 1 aliphatic rings. The van der Waals surface area contributed by atoms with E-state index in [1.165, 1.54) is 6.07 Å². The molecular formula is C19H17F3N8. The lowest BCUT2D eigenvalue weighted by molar-refractivity contribution is -0.146. The van der Waals surface area contributed by atoms with Crippen molar-refractivity contribution in [1.82, 2.24) is 34.7 Å². The number of nitrogens with zero attached hydrogens (tertiary/aromatic N) is 8. The van der Waals surface area contributed by atoms with Crippen molar-refractivity contribution in [3.63, 3.8) is 0 Å². The molecule has 0 radical (unpaired) electrons. The van der Waals surface area contributed by atoms with Crippen LogP contribution < -0.4 is 4.90 Å². The highest BCUT2D eigenvalue weighted by atomic mass is 19.4. The lowest BCUT2D eigenvalue weighted by Crippen LogP contribution is -2.46. The van der Waals surface area contributed by atoms with Gasteiger partial charge in [-0.25, -0.2) is 0 Å². The van der Waals surface area contributed by atoms with Crippen molar-refractivity contribution in [1.29, 1.82) is 0 Å². The standard InChI is InChI=1S/C19H17F3N8/c20-19(21,22)18-26-25-15-4-5-16(27-30(15)18)29-10-8-28(9-11-29)12-13-2-1-3-14-17(13)24-7-6-23-14/h1-7H,8-12H2. The van der Waals surface area contributed by atoms with Gasteiger partial charge in [-0.1, -0.05) is 12.1 Å². The second kappa shape index (κ2) is 7.17. The van der Waals surface area contributed by atoms with Crippen LogP contribution in [0.15, 0.2) is 42.7 Å². The van der Waals surface area contributed by atoms with Crippen LogP contribution in [0.25, 0.3) is 16.7 Å². The third-order valence-electron chi connectivity index (χ3n) is 5.17. The molecule has 0 aliphatic carbocycles. The molecule has 1 aliphatic heterocycles. The quantitative estimate of drug-likeness (QED) is 0.510. The Hall–Kier alpha value is -3.34. The van der Waals surface area contributed by atoms with Crippen molar-refractivity contribution >= 4 is 22.5 Å². The number of alkyl halides is 3. The number of hydrogen-bond acceptors (Lipinski definition) is 7. The first kappa shape index (κ1) is 18.7. The van der Waals surface area contributed by atoms with E-state index in [-0.39, 0.29) is 5.65 Å². The van der Waals surface area contributed by atoms with E-state index in [9.17, 15) is 13.2 Å². The Morgan fingerprint density at radius 1 is 0.900 bits per heavy atom. The fraction of sp³-hybridized carbons (Fsp3) is 0.316. The molecule has 0 saturated carbocycles. The molecule has 1 saturated heterocycles. The summed E-state index contributed by atoms with van der Waals surface area (Å²) < 4.78 is 40.1. The maximum Gasteiger partial charge on any atom is 0.453 e. The Balaban J connectivity index is 1.31. The first-order valence-corrected chi connectivity index (χ1v) is 9.44. The van der Waals surface area contributed by atoms with Gasteiger partial charge in [0.1, 0.15) is 5.82 Å². The van der Waals surface area contributed by atoms with E-state index >= 15 is 0 Å². The summed E-state index contributed by atoms with van der Waals surface area (Å²) in [7, 11) is 0. The topological polar surface area (TPSA) is 75.3 Å². The molecule has 3 aromatic heterocycles. The number of aromatic nitrogens is 6. The molecule has 4 aromatic rings. The zero-order valence-corrected chi connectivity index (χ0v) is 15.8. The third-order valence-corrected chi connectivity index (χ3v) is 5.17. The highest BCUT2D eigenvalue weighted by molar-refractivity contribution is 5.77. The summed E-state index contributed by atoms with van der Waals surface area (Å²) in [6.07, 6.45) is -1.24. The maximum absolute atomic E-state index is 13.1. The summed E-state index contributed by atoms with van der Waals surface area (Å²) >= 11 is 0. The summed E-state index contributed by atoms with van der Waals surface area (Å²) in [5.41, 5.74) is 2.93. The average Bonchev–Trinajstić information content (AvgIpc) is 3.18. The monoisotopic (exact) mass is 414 g/mol. The van der Waals surface area contributed by atoms with E-state index in [1.807, 2.05) is 23.1 Å². The van der Waals surface area contributed by atoms with Gasteiger partial charge >= 0.3 is 6.18 Å². The fourth-order valence-corrected chi connectivity index (χ4v) is 3.68. The van der Waals surface area contributed by atoms with Gasteiger partial charge in [0.2, 0.25) is 0 Å². The van der Waals surface area contributed by atoms with Crippen LogP contribution >= 0.6 is 0 Å². The second-order valence-corrected chi connectivity index (χ2v) is 7.09. The molecule has 5 rings (SSSR count). The van der Waals surface area contributed by atoms with Crippen LogP contribution in [0.1, 0.15) is 11.4 Å². The SMILES string of the molecule is FC(F)(F)c1nnc2ccc(N3CCN(Cc4cccc5nccnc45)CC3)nn12. The van der Waals surface area contributed by atoms with Gasteiger partial charge in [-0.05, 0) is 23.8 Å². The molecule has 4 heterocycles. The van der Waals surface area contributed by atoms with Crippen LogP contribution in [-0.2, 0) is 12.7 Å². The summed E-state index contributed by atoms with van der Waals surface area (Å²) in [5, 5.41) is 10.9. The number of para-hydroxylation sites is 1. The Morgan fingerprint density at radius 3 is 2.50 bits per heavy atom. The predicted octanol–water partition coefficient (Wildman–Crippen LogP) is 2.41. The van der Waals surface area contributed by atoms with E-state index in [0.29, 0.717) is 18.9 Å². The molecule has 0 atom stereocenters. The van der Waals surface area contributed by atoms with Gasteiger partial charge in [-0.2, -0.15) is 17.7 Å². The number of anilines is 1. The van der Waals surface area contributed by atoms with Gasteiger partial charge < -0.3 is 4.90 Å². The summed E-state index contributed by atoms with van der Waals surface area (Å²) in [4.78, 5) is 13.0. The number of fused-ring (bicyclic) bond motifs is 2. The van der Waals surface area contributed by atoms with E-state index < -0.39 is 12.0 Å². The number of halogens is 3. The number of benzene rings is 1. The van der Waals surface area contributed by atoms with Gasteiger partial charge in [0, 0.05) is 45.1 Å². The average molecular weight is 414 g/mol. The van der Waals surface area contributed by atoms with Crippen molar-refractivity contribution in [3.8, 4) is 0 Å². The van der Waals surface area contributed by atoms with Crippen molar-refractivity contribution in [2.24, 2.45) is 0 Å². The molecule has 0 amide bonds. The van der Waals surface area contributed by atoms with Crippen LogP contribution in [0.4, 0.5) is 19.0 Å². The second-order valence-electron chi connectivity index (χ2n) is 7.09. The molecule has 1 aromatic carbocycles. The van der Waals surface area contributed by atoms with Crippen molar-refractivity contribution < 1.29 is 13.2 Å². The first-order valence-electron chi connectivity index (χ1n) is 9.44. The van der Waals surface area contributed by atoms with Crippen LogP contribution in [-0.4, -0.2) is 60.9 Å². The fourth-order valence-electron chi connectivity index (χ4n) is 3.68. The van der Waals surface area contributed by atoms with E-state index in [2.05, 4.69) is 30.2 Å². The summed E-state index contributed by atoms with van der Waals surface area (Å²) in [5.74, 6) is -0.640. The third kappa shape index (κ3) is 3.41. The molecule has 154 valence electrons. The first-order chi connectivity index (χ1) is 14.5. The molecule has 11 heteroatoms. The summed E-state index contributed by atoms with van der Waals surface area (Å²) in [6.45, 7) is 3.55. The molecule has 8 nitrogen and oxygen atoms in total. The Labute approximate surface area is 169 Å². The largest absolute Gasteiger partial charge is 0.453 e. The number of hydrogen-bond donors (Lipinski definition) is 0. The van der Waals surface area contributed by atoms with Gasteiger partial charge in [-0.3, -0.25) is 14.9 Å². The smallest absolute Gasteiger partial charge is 0.353 e. The predicted molar refractivity (Wildman–Crippen MR) is 103 cm³/mol. The highest BCUT2D eigenvalue weighted by Gasteiger charge is 2.37. The lowest BCUT2D eigenvalue weighted by atomic mass is 10.1. The van der Waals surface area contributed by atoms with E-state index in [1.54, 1.807) is 18.5 Å². The molecular weight excluding hydrogens is 397 g/mol. The van der Waals surface area contributed by atoms with Crippen molar-refractivity contribution in [2.45, 2.75) is 12.7 Å². The van der Waals surface area contributed by atoms with Crippen LogP contribution in [0.3, 0.4) is 0 Å². The highest BCUT2D eigenvalue weighted by Crippen LogP contribution is 2.28. The molecule has 0 bridgehead atoms. The maximum atomic E-state index is 13.1. The number of rotatable bonds is 3. The minimum atomic E-state index is -4.61. The molecule has 0 unspecified atom stereocenters. The number of piperazine rings is 1. The minimum Gasteiger partial charge on any atom is -0.353 e. The lowest BCUT2D eigenvalue weighted by Gasteiger charge is -2.35. The van der Waals surface area contributed by atoms with Gasteiger partial charge in [-0.15, -0.1) is 15.3 Å². The summed E-state index contributed by atoms with van der Waals surface area (Å²) in [6, 6.07) is 9.14. The van der Waals surface area contributed by atoms with Crippen LogP contribution in [0.2, 0.25) is 0 Å². The molecule has 0 N–H and O–H groups in total. The normalized spacial score (nSPS) is 15.9. The zero-order chi connectivity index (χ0) is 20.7. The van der Waals surface area contributed by atoms with Crippen molar-refractivity contribution in [2.75, 3.05) is 31.1 Å². The molecule has 0 spiro atoms. The van der Waals surface area contributed by atoms with Crippen LogP contribution in [0.5, 0.6) is 0 Å². The molecule has 1 fully saturated rings. The van der Waals surface area contributed by atoms with Crippen LogP contribution in [0, 0.1) is 0 Å². The Morgan fingerprint density at radius 2 is 1.70 bits per heavy atom. The van der Waals surface area contributed by atoms with Gasteiger partial charge in [0.05, 0.1) is 11.0 Å². The molecule has 30 heavy (non-hydrogen) atoms. The van der Waals surface area contributed by atoms with E-state index in [0.717, 1.165) is 40.7 Å². The minimum absolute atomic E-state index is 0.0711. The van der Waals surface area contributed by atoms with Crippen molar-refractivity contribution in [3.05, 3.63) is 54.1 Å². The zero-order valence-electron chi connectivity index (χ0n) is 15.8. The van der Waals surface area contributed by atoms with E-state index in [4.69, 9.17) is 0 Å².